The van der Waals surface area contributed by atoms with E-state index in [4.69, 9.17) is 0 Å². The fourth-order valence-electron chi connectivity index (χ4n) is 1.96. The van der Waals surface area contributed by atoms with Gasteiger partial charge in [-0.3, -0.25) is 0 Å². The van der Waals surface area contributed by atoms with E-state index >= 15 is 0 Å². The summed E-state index contributed by atoms with van der Waals surface area (Å²) in [6.07, 6.45) is 0.499. The molecule has 0 spiro atoms. The largest absolute Gasteiger partial charge is 0.277 e. The first-order valence-corrected chi connectivity index (χ1v) is 5.68. The van der Waals surface area contributed by atoms with Gasteiger partial charge in [-0.1, -0.05) is 19.1 Å². The smallest absolute Gasteiger partial charge is 0.201 e. The maximum absolute atomic E-state index is 13.8. The molecule has 0 bridgehead atoms. The van der Waals surface area contributed by atoms with Crippen LogP contribution in [0.4, 0.5) is 8.78 Å². The summed E-state index contributed by atoms with van der Waals surface area (Å²) in [5.41, 5.74) is 2.03. The Morgan fingerprint density at radius 3 is 2.71 bits per heavy atom. The van der Waals surface area contributed by atoms with Crippen LogP contribution in [-0.4, -0.2) is 0 Å². The number of halogens is 3. The van der Waals surface area contributed by atoms with Crippen LogP contribution in [0.1, 0.15) is 23.6 Å². The summed E-state index contributed by atoms with van der Waals surface area (Å²) in [5.74, 6) is -3.20. The summed E-state index contributed by atoms with van der Waals surface area (Å²) >= 11 is 2.03. The zero-order valence-corrected chi connectivity index (χ0v) is 10.2. The maximum Gasteiger partial charge on any atom is 0.277 e. The van der Waals surface area contributed by atoms with Gasteiger partial charge < -0.3 is 0 Å². The van der Waals surface area contributed by atoms with E-state index in [1.807, 2.05) is 41.6 Å². The molecular formula is C11H11F2I. The molecule has 0 amide bonds. The molecule has 1 unspecified atom stereocenters. The van der Waals surface area contributed by atoms with Crippen LogP contribution in [0.3, 0.4) is 0 Å². The second-order valence-corrected chi connectivity index (χ2v) is 5.04. The molecule has 3 heteroatoms. The van der Waals surface area contributed by atoms with E-state index < -0.39 is 11.8 Å². The predicted molar refractivity (Wildman–Crippen MR) is 60.7 cm³/mol. The summed E-state index contributed by atoms with van der Waals surface area (Å²) in [6.45, 7) is 3.49. The zero-order chi connectivity index (χ0) is 10.5. The number of hydrogen-bond acceptors (Lipinski definition) is 0. The molecule has 1 aliphatic carbocycles. The molecule has 0 N–H and O–H groups in total. The van der Waals surface area contributed by atoms with Crippen molar-refractivity contribution in [2.75, 3.05) is 0 Å². The Balaban J connectivity index is 2.68. The summed E-state index contributed by atoms with van der Waals surface area (Å²) < 4.78 is 28.3. The highest BCUT2D eigenvalue weighted by Crippen LogP contribution is 2.48. The highest BCUT2D eigenvalue weighted by molar-refractivity contribution is 14.1. The van der Waals surface area contributed by atoms with Gasteiger partial charge in [0.2, 0.25) is 0 Å². The van der Waals surface area contributed by atoms with Gasteiger partial charge >= 0.3 is 0 Å². The average molecular weight is 308 g/mol. The Bertz CT molecular complexity index is 385. The number of rotatable bonds is 0. The molecular weight excluding hydrogens is 297 g/mol. The third kappa shape index (κ3) is 1.28. The molecule has 0 fully saturated rings. The van der Waals surface area contributed by atoms with E-state index in [2.05, 4.69) is 0 Å². The summed E-state index contributed by atoms with van der Waals surface area (Å²) in [4.78, 5) is 0. The third-order valence-electron chi connectivity index (χ3n) is 2.90. The van der Waals surface area contributed by atoms with E-state index in [0.29, 0.717) is 6.42 Å². The second-order valence-electron chi connectivity index (χ2n) is 3.96. The lowest BCUT2D eigenvalue weighted by Crippen LogP contribution is -2.19. The number of hydrogen-bond donors (Lipinski definition) is 0. The molecule has 14 heavy (non-hydrogen) atoms. The van der Waals surface area contributed by atoms with Gasteiger partial charge in [-0.15, -0.1) is 0 Å². The van der Waals surface area contributed by atoms with Crippen LogP contribution in [-0.2, 0) is 12.3 Å². The topological polar surface area (TPSA) is 0 Å². The average Bonchev–Trinajstić information content (AvgIpc) is 2.32. The first-order valence-electron chi connectivity index (χ1n) is 4.61. The van der Waals surface area contributed by atoms with Crippen molar-refractivity contribution >= 4 is 22.6 Å². The normalized spacial score (nSPS) is 23.6. The Hall–Kier alpha value is -0.190. The summed E-state index contributed by atoms with van der Waals surface area (Å²) in [5, 5.41) is 0. The molecule has 1 aromatic rings. The van der Waals surface area contributed by atoms with Gasteiger partial charge in [0.15, 0.2) is 0 Å². The van der Waals surface area contributed by atoms with E-state index in [-0.39, 0.29) is 5.56 Å². The van der Waals surface area contributed by atoms with E-state index in [1.54, 1.807) is 6.92 Å². The van der Waals surface area contributed by atoms with Gasteiger partial charge in [0.1, 0.15) is 0 Å². The van der Waals surface area contributed by atoms with E-state index in [9.17, 15) is 8.78 Å². The molecule has 0 heterocycles. The van der Waals surface area contributed by atoms with Gasteiger partial charge in [-0.05, 0) is 47.1 Å². The molecule has 0 nitrogen and oxygen atoms in total. The van der Waals surface area contributed by atoms with Crippen molar-refractivity contribution in [2.24, 2.45) is 5.92 Å². The first-order chi connectivity index (χ1) is 6.44. The monoisotopic (exact) mass is 308 g/mol. The minimum Gasteiger partial charge on any atom is -0.201 e. The highest BCUT2D eigenvalue weighted by atomic mass is 127. The molecule has 0 saturated carbocycles. The Morgan fingerprint density at radius 1 is 1.43 bits per heavy atom. The molecule has 0 aliphatic heterocycles. The highest BCUT2D eigenvalue weighted by Gasteiger charge is 2.47. The predicted octanol–water partition coefficient (Wildman–Crippen LogP) is 3.88. The van der Waals surface area contributed by atoms with Crippen LogP contribution in [0.2, 0.25) is 0 Å². The van der Waals surface area contributed by atoms with Gasteiger partial charge in [-0.2, -0.15) is 0 Å². The molecule has 1 atom stereocenters. The Morgan fingerprint density at radius 2 is 2.07 bits per heavy atom. The van der Waals surface area contributed by atoms with Crippen LogP contribution >= 0.6 is 22.6 Å². The number of benzene rings is 1. The molecule has 76 valence electrons. The van der Waals surface area contributed by atoms with Crippen molar-refractivity contribution in [3.8, 4) is 0 Å². The molecule has 0 saturated heterocycles. The van der Waals surface area contributed by atoms with Crippen molar-refractivity contribution in [2.45, 2.75) is 26.2 Å². The fraction of sp³-hybridized carbons (Fsp3) is 0.455. The number of alkyl halides is 2. The molecule has 1 aromatic carbocycles. The summed E-state index contributed by atoms with van der Waals surface area (Å²) in [7, 11) is 0. The van der Waals surface area contributed by atoms with Crippen molar-refractivity contribution in [1.29, 1.82) is 0 Å². The van der Waals surface area contributed by atoms with Gasteiger partial charge in [0.05, 0.1) is 0 Å². The van der Waals surface area contributed by atoms with Crippen LogP contribution in [0.25, 0.3) is 0 Å². The van der Waals surface area contributed by atoms with Crippen molar-refractivity contribution in [3.63, 3.8) is 0 Å². The van der Waals surface area contributed by atoms with Crippen molar-refractivity contribution < 1.29 is 8.78 Å². The summed E-state index contributed by atoms with van der Waals surface area (Å²) in [6, 6.07) is 3.76. The van der Waals surface area contributed by atoms with Crippen LogP contribution in [0.5, 0.6) is 0 Å². The SMILES string of the molecule is Cc1ccc2c(c1I)C(F)(F)C(C)C2. The van der Waals surface area contributed by atoms with Gasteiger partial charge in [0.25, 0.3) is 5.92 Å². The second kappa shape index (κ2) is 3.15. The minimum absolute atomic E-state index is 0.269. The Kier molecular flexibility index (Phi) is 2.33. The molecule has 2 rings (SSSR count). The lowest BCUT2D eigenvalue weighted by molar-refractivity contribution is -0.0458. The fourth-order valence-corrected chi connectivity index (χ4v) is 2.84. The molecule has 1 aliphatic rings. The molecule has 0 radical (unpaired) electrons. The van der Waals surface area contributed by atoms with Crippen molar-refractivity contribution in [3.05, 3.63) is 32.4 Å². The van der Waals surface area contributed by atoms with Crippen LogP contribution in [0.15, 0.2) is 12.1 Å². The lowest BCUT2D eigenvalue weighted by Gasteiger charge is -2.17. The van der Waals surface area contributed by atoms with Gasteiger partial charge in [-0.25, -0.2) is 8.78 Å². The number of aryl methyl sites for hydroxylation is 1. The van der Waals surface area contributed by atoms with E-state index in [0.717, 1.165) is 14.7 Å². The third-order valence-corrected chi connectivity index (χ3v) is 4.29. The zero-order valence-electron chi connectivity index (χ0n) is 8.07. The lowest BCUT2D eigenvalue weighted by atomic mass is 10.0. The van der Waals surface area contributed by atoms with E-state index in [1.165, 1.54) is 0 Å². The quantitative estimate of drug-likeness (QED) is 0.638. The van der Waals surface area contributed by atoms with Crippen LogP contribution in [0, 0.1) is 16.4 Å². The Labute approximate surface area is 95.8 Å². The van der Waals surface area contributed by atoms with Crippen LogP contribution < -0.4 is 0 Å². The standard InChI is InChI=1S/C11H11F2I/c1-6-3-4-8-5-7(2)11(12,13)9(8)10(6)14/h3-4,7H,5H2,1-2H3. The van der Waals surface area contributed by atoms with Gasteiger partial charge in [0, 0.05) is 15.1 Å². The number of fused-ring (bicyclic) bond motifs is 1. The minimum atomic E-state index is -2.64. The first kappa shape index (κ1) is 10.3. The molecule has 0 aromatic heterocycles. The maximum atomic E-state index is 13.8. The van der Waals surface area contributed by atoms with Crippen molar-refractivity contribution in [1.82, 2.24) is 0 Å².